The summed E-state index contributed by atoms with van der Waals surface area (Å²) in [6.45, 7) is 8.05. The first kappa shape index (κ1) is 13.4. The quantitative estimate of drug-likeness (QED) is 0.719. The molecule has 0 aliphatic carbocycles. The van der Waals surface area contributed by atoms with E-state index in [1.807, 2.05) is 4.90 Å². The molecule has 0 radical (unpaired) electrons. The topological polar surface area (TPSA) is 49.6 Å². The number of amides is 1. The molecule has 1 amide bonds. The molecular weight excluding hydrogens is 222 g/mol. The van der Waals surface area contributed by atoms with Gasteiger partial charge >= 0.3 is 0 Å². The highest BCUT2D eigenvalue weighted by molar-refractivity contribution is 7.80. The van der Waals surface area contributed by atoms with Crippen molar-refractivity contribution in [1.82, 2.24) is 9.80 Å². The fourth-order valence-corrected chi connectivity index (χ4v) is 2.39. The molecule has 0 bridgehead atoms. The lowest BCUT2D eigenvalue weighted by atomic mass is 10.2. The van der Waals surface area contributed by atoms with Gasteiger partial charge in [0.15, 0.2) is 0 Å². The van der Waals surface area contributed by atoms with Gasteiger partial charge in [0, 0.05) is 19.1 Å². The number of carbonyl (C=O) groups is 1. The van der Waals surface area contributed by atoms with Crippen LogP contribution in [0.2, 0.25) is 0 Å². The summed E-state index contributed by atoms with van der Waals surface area (Å²) in [4.78, 5) is 16.3. The number of carbonyl (C=O) groups excluding carboxylic acids is 1. The van der Waals surface area contributed by atoms with Crippen molar-refractivity contribution >= 4 is 23.1 Å². The minimum atomic E-state index is 0.0714. The minimum absolute atomic E-state index is 0.0714. The van der Waals surface area contributed by atoms with Crippen molar-refractivity contribution in [2.75, 3.05) is 26.2 Å². The van der Waals surface area contributed by atoms with Crippen LogP contribution in [0.1, 0.15) is 26.7 Å². The summed E-state index contributed by atoms with van der Waals surface area (Å²) < 4.78 is 0. The van der Waals surface area contributed by atoms with Gasteiger partial charge in [-0.3, -0.25) is 9.69 Å². The number of thiocarbonyl (C=S) groups is 1. The molecule has 0 aromatic heterocycles. The normalized spacial score (nSPS) is 20.4. The molecule has 1 aliphatic rings. The molecule has 5 heteroatoms. The van der Waals surface area contributed by atoms with E-state index in [0.29, 0.717) is 6.04 Å². The van der Waals surface area contributed by atoms with Crippen molar-refractivity contribution in [3.63, 3.8) is 0 Å². The highest BCUT2D eigenvalue weighted by Gasteiger charge is 2.28. The summed E-state index contributed by atoms with van der Waals surface area (Å²) in [6.07, 6.45) is 1.27. The van der Waals surface area contributed by atoms with Gasteiger partial charge < -0.3 is 10.6 Å². The Kier molecular flexibility index (Phi) is 5.15. The van der Waals surface area contributed by atoms with Crippen LogP contribution < -0.4 is 5.73 Å². The van der Waals surface area contributed by atoms with Gasteiger partial charge in [-0.05, 0) is 19.5 Å². The monoisotopic (exact) mass is 243 g/mol. The summed E-state index contributed by atoms with van der Waals surface area (Å²) in [5.74, 6) is 0.0714. The molecule has 1 aliphatic heterocycles. The Hall–Kier alpha value is -0.680. The maximum atomic E-state index is 11.7. The third kappa shape index (κ3) is 3.42. The molecule has 2 N–H and O–H groups in total. The molecule has 0 saturated carbocycles. The molecule has 0 aromatic rings. The van der Waals surface area contributed by atoms with Gasteiger partial charge in [0.25, 0.3) is 0 Å². The molecule has 0 spiro atoms. The molecule has 1 heterocycles. The maximum Gasteiger partial charge on any atom is 0.229 e. The Morgan fingerprint density at radius 1 is 1.50 bits per heavy atom. The minimum Gasteiger partial charge on any atom is -0.393 e. The third-order valence-corrected chi connectivity index (χ3v) is 3.31. The SMILES string of the molecule is CCN(CC)C1CCN(C(=O)CC(N)=S)C1. The fraction of sp³-hybridized carbons (Fsp3) is 0.818. The van der Waals surface area contributed by atoms with Crippen LogP contribution in [0.3, 0.4) is 0 Å². The molecule has 4 nitrogen and oxygen atoms in total. The molecule has 1 atom stereocenters. The Balaban J connectivity index is 2.45. The molecule has 1 rings (SSSR count). The van der Waals surface area contributed by atoms with Crippen molar-refractivity contribution in [2.24, 2.45) is 5.73 Å². The van der Waals surface area contributed by atoms with Crippen LogP contribution >= 0.6 is 12.2 Å². The van der Waals surface area contributed by atoms with E-state index in [9.17, 15) is 4.79 Å². The predicted octanol–water partition coefficient (Wildman–Crippen LogP) is 0.605. The van der Waals surface area contributed by atoms with E-state index >= 15 is 0 Å². The summed E-state index contributed by atoms with van der Waals surface area (Å²) in [7, 11) is 0. The lowest BCUT2D eigenvalue weighted by Gasteiger charge is -2.26. The molecule has 0 aromatic carbocycles. The van der Waals surface area contributed by atoms with Crippen LogP contribution in [0.4, 0.5) is 0 Å². The summed E-state index contributed by atoms with van der Waals surface area (Å²) in [5, 5.41) is 0. The number of likely N-dealkylation sites (tertiary alicyclic amines) is 1. The maximum absolute atomic E-state index is 11.7. The van der Waals surface area contributed by atoms with Crippen LogP contribution in [0.25, 0.3) is 0 Å². The Labute approximate surface area is 103 Å². The zero-order valence-corrected chi connectivity index (χ0v) is 10.9. The van der Waals surface area contributed by atoms with Gasteiger partial charge in [-0.25, -0.2) is 0 Å². The average molecular weight is 243 g/mol. The van der Waals surface area contributed by atoms with E-state index in [2.05, 4.69) is 18.7 Å². The summed E-state index contributed by atoms with van der Waals surface area (Å²) in [6, 6.07) is 0.505. The number of hydrogen-bond acceptors (Lipinski definition) is 3. The van der Waals surface area contributed by atoms with Crippen LogP contribution in [-0.2, 0) is 4.79 Å². The summed E-state index contributed by atoms with van der Waals surface area (Å²) >= 11 is 4.75. The van der Waals surface area contributed by atoms with Crippen molar-refractivity contribution in [3.05, 3.63) is 0 Å². The zero-order chi connectivity index (χ0) is 12.1. The molecular formula is C11H21N3OS. The number of nitrogens with two attached hydrogens (primary N) is 1. The van der Waals surface area contributed by atoms with Crippen LogP contribution in [-0.4, -0.2) is 52.9 Å². The van der Waals surface area contributed by atoms with E-state index in [0.717, 1.165) is 32.6 Å². The number of hydrogen-bond donors (Lipinski definition) is 1. The summed E-state index contributed by atoms with van der Waals surface area (Å²) in [5.41, 5.74) is 5.38. The number of rotatable bonds is 5. The lowest BCUT2D eigenvalue weighted by Crippen LogP contribution is -2.39. The molecule has 1 unspecified atom stereocenters. The van der Waals surface area contributed by atoms with Crippen LogP contribution in [0.5, 0.6) is 0 Å². The van der Waals surface area contributed by atoms with Crippen LogP contribution in [0, 0.1) is 0 Å². The number of likely N-dealkylation sites (N-methyl/N-ethyl adjacent to an activating group) is 1. The van der Waals surface area contributed by atoms with E-state index in [-0.39, 0.29) is 17.3 Å². The second-order valence-electron chi connectivity index (χ2n) is 4.15. The average Bonchev–Trinajstić information content (AvgIpc) is 2.68. The highest BCUT2D eigenvalue weighted by atomic mass is 32.1. The van der Waals surface area contributed by atoms with Gasteiger partial charge in [0.05, 0.1) is 11.4 Å². The molecule has 1 fully saturated rings. The Bertz CT molecular complexity index is 266. The van der Waals surface area contributed by atoms with Crippen molar-refractivity contribution in [2.45, 2.75) is 32.7 Å². The smallest absolute Gasteiger partial charge is 0.229 e. The second kappa shape index (κ2) is 6.15. The first-order chi connectivity index (χ1) is 7.58. The van der Waals surface area contributed by atoms with Gasteiger partial charge in [-0.2, -0.15) is 0 Å². The van der Waals surface area contributed by atoms with Crippen LogP contribution in [0.15, 0.2) is 0 Å². The van der Waals surface area contributed by atoms with E-state index in [1.54, 1.807) is 0 Å². The Morgan fingerprint density at radius 2 is 2.12 bits per heavy atom. The van der Waals surface area contributed by atoms with Crippen molar-refractivity contribution in [3.8, 4) is 0 Å². The van der Waals surface area contributed by atoms with Crippen molar-refractivity contribution < 1.29 is 4.79 Å². The lowest BCUT2D eigenvalue weighted by molar-refractivity contribution is -0.129. The second-order valence-corrected chi connectivity index (χ2v) is 4.67. The van der Waals surface area contributed by atoms with Gasteiger partial charge in [0.2, 0.25) is 5.91 Å². The molecule has 1 saturated heterocycles. The Morgan fingerprint density at radius 3 is 2.62 bits per heavy atom. The first-order valence-electron chi connectivity index (χ1n) is 5.88. The first-order valence-corrected chi connectivity index (χ1v) is 6.29. The third-order valence-electron chi connectivity index (χ3n) is 3.17. The fourth-order valence-electron chi connectivity index (χ4n) is 2.27. The van der Waals surface area contributed by atoms with E-state index in [1.165, 1.54) is 0 Å². The van der Waals surface area contributed by atoms with Gasteiger partial charge in [-0.1, -0.05) is 26.1 Å². The van der Waals surface area contributed by atoms with E-state index in [4.69, 9.17) is 18.0 Å². The highest BCUT2D eigenvalue weighted by Crippen LogP contribution is 2.16. The van der Waals surface area contributed by atoms with Gasteiger partial charge in [-0.15, -0.1) is 0 Å². The standard InChI is InChI=1S/C11H21N3OS/c1-3-13(4-2)9-5-6-14(8-9)11(15)7-10(12)16/h9H,3-8H2,1-2H3,(H2,12,16). The van der Waals surface area contributed by atoms with Gasteiger partial charge in [0.1, 0.15) is 0 Å². The molecule has 92 valence electrons. The largest absolute Gasteiger partial charge is 0.393 e. The van der Waals surface area contributed by atoms with Crippen molar-refractivity contribution in [1.29, 1.82) is 0 Å². The molecule has 16 heavy (non-hydrogen) atoms. The zero-order valence-electron chi connectivity index (χ0n) is 10.1. The predicted molar refractivity (Wildman–Crippen MR) is 69.3 cm³/mol. The number of nitrogens with zero attached hydrogens (tertiary/aromatic N) is 2. The van der Waals surface area contributed by atoms with E-state index < -0.39 is 0 Å².